The summed E-state index contributed by atoms with van der Waals surface area (Å²) in [5, 5.41) is 4.07. The molecule has 0 amide bonds. The minimum atomic E-state index is -0.927. The molecule has 10 nitrogen and oxygen atoms in total. The zero-order chi connectivity index (χ0) is 20.1. The van der Waals surface area contributed by atoms with Crippen LogP contribution in [0.2, 0.25) is 0 Å². The van der Waals surface area contributed by atoms with E-state index in [4.69, 9.17) is 28.4 Å². The number of ether oxygens (including phenoxy) is 6. The van der Waals surface area contributed by atoms with Crippen molar-refractivity contribution < 1.29 is 38.0 Å². The molecule has 1 aromatic carbocycles. The lowest BCUT2D eigenvalue weighted by molar-refractivity contribution is 0.0759. The van der Waals surface area contributed by atoms with Crippen molar-refractivity contribution in [2.45, 2.75) is 26.7 Å². The second-order valence-electron chi connectivity index (χ2n) is 5.67. The molecule has 28 heavy (non-hydrogen) atoms. The van der Waals surface area contributed by atoms with E-state index in [1.807, 2.05) is 0 Å². The van der Waals surface area contributed by atoms with E-state index in [1.165, 1.54) is 0 Å². The molecule has 2 heterocycles. The third kappa shape index (κ3) is 4.11. The zero-order valence-electron chi connectivity index (χ0n) is 15.6. The fourth-order valence-corrected chi connectivity index (χ4v) is 2.66. The van der Waals surface area contributed by atoms with Gasteiger partial charge >= 0.3 is 12.3 Å². The number of benzene rings is 1. The molecular formula is C18H20N2O8. The fraction of sp³-hybridized carbons (Fsp3) is 0.389. The lowest BCUT2D eigenvalue weighted by Crippen LogP contribution is -2.32. The summed E-state index contributed by atoms with van der Waals surface area (Å²) < 4.78 is 31.0. The summed E-state index contributed by atoms with van der Waals surface area (Å²) in [6, 6.07) is 5.14. The predicted octanol–water partition coefficient (Wildman–Crippen LogP) is 2.99. The molecule has 2 aliphatic rings. The molecule has 0 fully saturated rings. The molecule has 0 aliphatic carbocycles. The van der Waals surface area contributed by atoms with Crippen LogP contribution in [0.5, 0.6) is 11.5 Å². The Morgan fingerprint density at radius 2 is 1.79 bits per heavy atom. The summed E-state index contributed by atoms with van der Waals surface area (Å²) in [7, 11) is 0. The van der Waals surface area contributed by atoms with E-state index in [2.05, 4.69) is 10.5 Å². The number of rotatable bonds is 4. The average molecular weight is 392 g/mol. The second kappa shape index (κ2) is 8.51. The Morgan fingerprint density at radius 3 is 2.50 bits per heavy atom. The van der Waals surface area contributed by atoms with Crippen molar-refractivity contribution in [1.29, 1.82) is 0 Å². The van der Waals surface area contributed by atoms with Crippen molar-refractivity contribution in [2.24, 2.45) is 5.10 Å². The van der Waals surface area contributed by atoms with Crippen molar-refractivity contribution in [3.05, 3.63) is 35.2 Å². The number of nitrogens with zero attached hydrogens (tertiary/aromatic N) is 1. The fourth-order valence-electron chi connectivity index (χ4n) is 2.66. The van der Waals surface area contributed by atoms with Crippen LogP contribution in [0.3, 0.4) is 0 Å². The van der Waals surface area contributed by atoms with Crippen LogP contribution in [0.25, 0.3) is 0 Å². The standard InChI is InChI=1S/C18H20N2O8/c1-4-23-17(21)27-15-10(3)19-20-16(28-18(22)24-5-2)14(15)11-6-7-12-13(8-11)26-9-25-12/h6-8,14,19H,4-5,9H2,1-3H3. The quantitative estimate of drug-likeness (QED) is 0.772. The number of fused-ring (bicyclic) bond motifs is 1. The Balaban J connectivity index is 1.96. The van der Waals surface area contributed by atoms with Gasteiger partial charge in [0.25, 0.3) is 0 Å². The maximum absolute atomic E-state index is 11.9. The van der Waals surface area contributed by atoms with Crippen LogP contribution in [0, 0.1) is 0 Å². The molecule has 1 atom stereocenters. The van der Waals surface area contributed by atoms with Crippen molar-refractivity contribution in [3.63, 3.8) is 0 Å². The van der Waals surface area contributed by atoms with Gasteiger partial charge in [-0.15, -0.1) is 5.10 Å². The molecule has 0 saturated heterocycles. The minimum absolute atomic E-state index is 0.0535. The van der Waals surface area contributed by atoms with E-state index < -0.39 is 18.2 Å². The van der Waals surface area contributed by atoms with Crippen LogP contribution in [-0.4, -0.2) is 38.2 Å². The van der Waals surface area contributed by atoms with Crippen LogP contribution in [0.15, 0.2) is 34.8 Å². The summed E-state index contributed by atoms with van der Waals surface area (Å²) in [6.07, 6.45) is -1.81. The van der Waals surface area contributed by atoms with Crippen LogP contribution in [-0.2, 0) is 18.9 Å². The maximum atomic E-state index is 11.9. The smallest absolute Gasteiger partial charge is 0.454 e. The molecule has 1 N–H and O–H groups in total. The molecule has 1 aromatic rings. The Bertz CT molecular complexity index is 833. The van der Waals surface area contributed by atoms with E-state index >= 15 is 0 Å². The van der Waals surface area contributed by atoms with Gasteiger partial charge in [-0.2, -0.15) is 0 Å². The van der Waals surface area contributed by atoms with Gasteiger partial charge in [-0.3, -0.25) is 5.43 Å². The van der Waals surface area contributed by atoms with Crippen molar-refractivity contribution in [1.82, 2.24) is 5.43 Å². The first kappa shape index (κ1) is 19.3. The molecule has 0 bridgehead atoms. The first-order valence-electron chi connectivity index (χ1n) is 8.66. The van der Waals surface area contributed by atoms with Gasteiger partial charge in [-0.1, -0.05) is 6.07 Å². The SMILES string of the molecule is CCOC(=O)OC1=NNC(C)=C(OC(=O)OCC)C1c1ccc2c(c1)OCO2. The van der Waals surface area contributed by atoms with Gasteiger partial charge in [0.1, 0.15) is 11.7 Å². The molecule has 0 spiro atoms. The van der Waals surface area contributed by atoms with E-state index in [1.54, 1.807) is 39.0 Å². The topological polar surface area (TPSA) is 114 Å². The molecule has 2 aliphatic heterocycles. The lowest BCUT2D eigenvalue weighted by Gasteiger charge is -2.26. The summed E-state index contributed by atoms with van der Waals surface area (Å²) >= 11 is 0. The summed E-state index contributed by atoms with van der Waals surface area (Å²) in [5.74, 6) is 0.397. The molecule has 0 saturated carbocycles. The van der Waals surface area contributed by atoms with E-state index in [-0.39, 0.29) is 31.7 Å². The van der Waals surface area contributed by atoms with Crippen LogP contribution in [0.4, 0.5) is 9.59 Å². The van der Waals surface area contributed by atoms with Gasteiger partial charge in [0, 0.05) is 0 Å². The van der Waals surface area contributed by atoms with E-state index in [9.17, 15) is 9.59 Å². The lowest BCUT2D eigenvalue weighted by atomic mass is 9.94. The van der Waals surface area contributed by atoms with Gasteiger partial charge in [-0.25, -0.2) is 9.59 Å². The molecule has 10 heteroatoms. The highest BCUT2D eigenvalue weighted by molar-refractivity contribution is 5.94. The third-order valence-electron chi connectivity index (χ3n) is 3.85. The molecule has 150 valence electrons. The molecule has 0 radical (unpaired) electrons. The summed E-state index contributed by atoms with van der Waals surface area (Å²) in [6.45, 7) is 5.36. The number of hydrogen-bond acceptors (Lipinski definition) is 10. The maximum Gasteiger partial charge on any atom is 0.515 e. The van der Waals surface area contributed by atoms with Gasteiger partial charge < -0.3 is 28.4 Å². The third-order valence-corrected chi connectivity index (χ3v) is 3.85. The molecule has 0 aromatic heterocycles. The van der Waals surface area contributed by atoms with Crippen molar-refractivity contribution in [2.75, 3.05) is 20.0 Å². The largest absolute Gasteiger partial charge is 0.515 e. The Hall–Kier alpha value is -3.43. The summed E-state index contributed by atoms with van der Waals surface area (Å²) in [4.78, 5) is 23.8. The monoisotopic (exact) mass is 392 g/mol. The first-order valence-corrected chi connectivity index (χ1v) is 8.66. The minimum Gasteiger partial charge on any atom is -0.454 e. The molecular weight excluding hydrogens is 372 g/mol. The number of hydrogen-bond donors (Lipinski definition) is 1. The highest BCUT2D eigenvalue weighted by Gasteiger charge is 2.36. The Kier molecular flexibility index (Phi) is 5.87. The zero-order valence-corrected chi connectivity index (χ0v) is 15.6. The van der Waals surface area contributed by atoms with E-state index in [0.29, 0.717) is 22.8 Å². The van der Waals surface area contributed by atoms with Crippen LogP contribution >= 0.6 is 0 Å². The number of carbonyl (C=O) groups excluding carboxylic acids is 2. The number of carbonyl (C=O) groups is 2. The van der Waals surface area contributed by atoms with Crippen molar-refractivity contribution >= 4 is 18.2 Å². The highest BCUT2D eigenvalue weighted by Crippen LogP contribution is 2.39. The van der Waals surface area contributed by atoms with Gasteiger partial charge in [-0.05, 0) is 38.5 Å². The summed E-state index contributed by atoms with van der Waals surface area (Å²) in [5.41, 5.74) is 3.73. The predicted molar refractivity (Wildman–Crippen MR) is 94.8 cm³/mol. The molecule has 1 unspecified atom stereocenters. The Morgan fingerprint density at radius 1 is 1.11 bits per heavy atom. The molecule has 3 rings (SSSR count). The normalized spacial score (nSPS) is 17.4. The first-order chi connectivity index (χ1) is 13.5. The number of nitrogens with one attached hydrogen (secondary N) is 1. The Labute approximate surface area is 161 Å². The average Bonchev–Trinajstić information content (AvgIpc) is 3.12. The van der Waals surface area contributed by atoms with Gasteiger partial charge in [0.15, 0.2) is 11.5 Å². The highest BCUT2D eigenvalue weighted by atomic mass is 16.7. The van der Waals surface area contributed by atoms with Crippen LogP contribution < -0.4 is 14.9 Å². The number of hydrazone groups is 1. The number of allylic oxidation sites excluding steroid dienone is 1. The second-order valence-corrected chi connectivity index (χ2v) is 5.67. The van der Waals surface area contributed by atoms with Crippen molar-refractivity contribution in [3.8, 4) is 11.5 Å². The van der Waals surface area contributed by atoms with Crippen LogP contribution in [0.1, 0.15) is 32.3 Å². The van der Waals surface area contributed by atoms with Gasteiger partial charge in [0.05, 0.1) is 18.9 Å². The van der Waals surface area contributed by atoms with Gasteiger partial charge in [0.2, 0.25) is 12.7 Å². The van der Waals surface area contributed by atoms with E-state index in [0.717, 1.165) is 0 Å².